The molecule has 0 saturated carbocycles. The Kier molecular flexibility index (Phi) is 7.59. The van der Waals surface area contributed by atoms with Crippen LogP contribution in [0.5, 0.6) is 6.01 Å². The molecule has 3 heterocycles. The Labute approximate surface area is 170 Å². The molecule has 0 atom stereocenters. The molecular weight excluding hydrogens is 352 g/mol. The van der Waals surface area contributed by atoms with Gasteiger partial charge in [0.15, 0.2) is 11.6 Å². The molecule has 0 spiro atoms. The van der Waals surface area contributed by atoms with Gasteiger partial charge in [0.05, 0.1) is 13.3 Å². The summed E-state index contributed by atoms with van der Waals surface area (Å²) in [5.74, 6) is 2.18. The van der Waals surface area contributed by atoms with E-state index in [1.807, 2.05) is 0 Å². The molecule has 0 amide bonds. The minimum absolute atomic E-state index is 0.400. The van der Waals surface area contributed by atoms with Crippen molar-refractivity contribution < 1.29 is 4.74 Å². The topological polar surface area (TPSA) is 79.5 Å². The summed E-state index contributed by atoms with van der Waals surface area (Å²) in [6.45, 7) is 11.6. The van der Waals surface area contributed by atoms with Gasteiger partial charge >= 0.3 is 6.01 Å². The lowest BCUT2D eigenvalue weighted by atomic mass is 9.92. The quantitative estimate of drug-likeness (QED) is 0.589. The molecule has 7 heteroatoms. The van der Waals surface area contributed by atoms with Crippen LogP contribution in [0.4, 0.5) is 17.3 Å². The molecule has 7 nitrogen and oxygen atoms in total. The van der Waals surface area contributed by atoms with Crippen molar-refractivity contribution in [2.24, 2.45) is 5.92 Å². The zero-order chi connectivity index (χ0) is 19.9. The first-order valence-electron chi connectivity index (χ1n) is 11.2. The number of nitrogens with two attached hydrogens (primary N) is 1. The zero-order valence-electron chi connectivity index (χ0n) is 17.9. The molecule has 3 N–H and O–H groups in total. The van der Waals surface area contributed by atoms with E-state index in [1.54, 1.807) is 0 Å². The van der Waals surface area contributed by atoms with Crippen molar-refractivity contribution in [3.63, 3.8) is 0 Å². The maximum Gasteiger partial charge on any atom is 0.320 e. The van der Waals surface area contributed by atoms with Crippen LogP contribution in [0.3, 0.4) is 0 Å². The molecular formula is C21H38N6O. The number of unbranched alkanes of at least 4 members (excludes halogenated alkanes) is 1. The number of nitrogen functional groups attached to an aromatic ring is 1. The maximum atomic E-state index is 6.12. The molecule has 2 aliphatic rings. The summed E-state index contributed by atoms with van der Waals surface area (Å²) in [4.78, 5) is 13.9. The van der Waals surface area contributed by atoms with Gasteiger partial charge in [0.25, 0.3) is 0 Å². The molecule has 0 unspecified atom stereocenters. The van der Waals surface area contributed by atoms with Crippen molar-refractivity contribution in [3.8, 4) is 6.01 Å². The highest BCUT2D eigenvalue weighted by atomic mass is 16.5. The lowest BCUT2D eigenvalue weighted by Gasteiger charge is -2.37. The number of likely N-dealkylation sites (tertiary alicyclic amines) is 1. The van der Waals surface area contributed by atoms with E-state index in [1.165, 1.54) is 45.2 Å². The fourth-order valence-corrected chi connectivity index (χ4v) is 4.40. The second-order valence-corrected chi connectivity index (χ2v) is 8.13. The maximum absolute atomic E-state index is 6.12. The van der Waals surface area contributed by atoms with E-state index < -0.39 is 0 Å². The molecule has 1 saturated heterocycles. The first-order chi connectivity index (χ1) is 13.7. The van der Waals surface area contributed by atoms with Crippen molar-refractivity contribution in [2.45, 2.75) is 71.8 Å². The average Bonchev–Trinajstić information content (AvgIpc) is 3.12. The van der Waals surface area contributed by atoms with Crippen LogP contribution in [-0.4, -0.2) is 53.8 Å². The van der Waals surface area contributed by atoms with Gasteiger partial charge in [-0.2, -0.15) is 9.97 Å². The number of hydrogen-bond donors (Lipinski definition) is 2. The molecule has 2 aliphatic heterocycles. The van der Waals surface area contributed by atoms with Crippen LogP contribution in [0.25, 0.3) is 0 Å². The third-order valence-corrected chi connectivity index (χ3v) is 6.29. The van der Waals surface area contributed by atoms with Crippen LogP contribution < -0.4 is 20.7 Å². The van der Waals surface area contributed by atoms with Crippen LogP contribution >= 0.6 is 0 Å². The fraction of sp³-hybridized carbons (Fsp3) is 0.810. The number of ether oxygens (including phenoxy) is 1. The number of hydrogen-bond acceptors (Lipinski definition) is 7. The number of aromatic nitrogens is 2. The summed E-state index contributed by atoms with van der Waals surface area (Å²) in [7, 11) is 0. The third kappa shape index (κ3) is 4.99. The minimum atomic E-state index is 0.400. The molecule has 1 fully saturated rings. The first kappa shape index (κ1) is 21.0. The van der Waals surface area contributed by atoms with E-state index in [-0.39, 0.29) is 0 Å². The number of anilines is 3. The summed E-state index contributed by atoms with van der Waals surface area (Å²) in [6, 6.07) is 1.17. The Bertz CT molecular complexity index is 613. The summed E-state index contributed by atoms with van der Waals surface area (Å²) in [5.41, 5.74) is 6.98. The van der Waals surface area contributed by atoms with Gasteiger partial charge in [0.1, 0.15) is 5.69 Å². The number of fused-ring (bicyclic) bond motifs is 1. The van der Waals surface area contributed by atoms with Gasteiger partial charge < -0.3 is 25.6 Å². The van der Waals surface area contributed by atoms with Crippen molar-refractivity contribution in [3.05, 3.63) is 0 Å². The second-order valence-electron chi connectivity index (χ2n) is 8.13. The van der Waals surface area contributed by atoms with Gasteiger partial charge in [-0.05, 0) is 57.5 Å². The van der Waals surface area contributed by atoms with Crippen molar-refractivity contribution in [1.82, 2.24) is 14.9 Å². The summed E-state index contributed by atoms with van der Waals surface area (Å²) < 4.78 is 5.69. The largest absolute Gasteiger partial charge is 0.463 e. The van der Waals surface area contributed by atoms with Gasteiger partial charge in [0.2, 0.25) is 0 Å². The Morgan fingerprint density at radius 2 is 1.93 bits per heavy atom. The summed E-state index contributed by atoms with van der Waals surface area (Å²) in [6.07, 6.45) is 8.43. The van der Waals surface area contributed by atoms with Crippen LogP contribution in [0, 0.1) is 5.92 Å². The monoisotopic (exact) mass is 390 g/mol. The highest BCUT2D eigenvalue weighted by Gasteiger charge is 2.27. The van der Waals surface area contributed by atoms with E-state index in [0.29, 0.717) is 18.4 Å². The number of piperidine rings is 1. The van der Waals surface area contributed by atoms with E-state index in [2.05, 4.69) is 45.9 Å². The molecule has 0 bridgehead atoms. The number of rotatable bonds is 10. The lowest BCUT2D eigenvalue weighted by Crippen LogP contribution is -2.41. The first-order valence-corrected chi connectivity index (χ1v) is 11.2. The predicted octanol–water partition coefficient (Wildman–Crippen LogP) is 3.72. The van der Waals surface area contributed by atoms with Gasteiger partial charge in [-0.25, -0.2) is 0 Å². The Balaban J connectivity index is 1.52. The van der Waals surface area contributed by atoms with E-state index in [9.17, 15) is 0 Å². The highest BCUT2D eigenvalue weighted by molar-refractivity contribution is 5.80. The van der Waals surface area contributed by atoms with Crippen LogP contribution in [0.15, 0.2) is 0 Å². The molecule has 3 rings (SSSR count). The molecule has 1 aromatic heterocycles. The smallest absolute Gasteiger partial charge is 0.320 e. The minimum Gasteiger partial charge on any atom is -0.463 e. The fourth-order valence-electron chi connectivity index (χ4n) is 4.40. The average molecular weight is 391 g/mol. The van der Waals surface area contributed by atoms with Gasteiger partial charge in [-0.1, -0.05) is 27.2 Å². The van der Waals surface area contributed by atoms with E-state index in [0.717, 1.165) is 49.5 Å². The normalized spacial score (nSPS) is 17.8. The third-order valence-electron chi connectivity index (χ3n) is 6.29. The molecule has 0 aromatic carbocycles. The molecule has 0 aliphatic carbocycles. The van der Waals surface area contributed by atoms with Crippen LogP contribution in [0.1, 0.15) is 65.7 Å². The number of nitrogens with one attached hydrogen (secondary N) is 1. The standard InChI is InChI=1S/C21H38N6O/c1-4-7-14-28-21-24-19(22)18-20(25-21)27(15-23-18)13-10-16-8-11-26(12-9-16)17(5-2)6-3/h16-17,23H,4-15H2,1-3H3,(H2,22,24,25). The van der Waals surface area contributed by atoms with Gasteiger partial charge in [0, 0.05) is 12.6 Å². The second kappa shape index (κ2) is 10.1. The molecule has 0 radical (unpaired) electrons. The van der Waals surface area contributed by atoms with Gasteiger partial charge in [-0.3, -0.25) is 0 Å². The molecule has 1 aromatic rings. The van der Waals surface area contributed by atoms with Gasteiger partial charge in [-0.15, -0.1) is 0 Å². The van der Waals surface area contributed by atoms with Crippen molar-refractivity contribution in [2.75, 3.05) is 48.9 Å². The van der Waals surface area contributed by atoms with Crippen molar-refractivity contribution in [1.29, 1.82) is 0 Å². The highest BCUT2D eigenvalue weighted by Crippen LogP contribution is 2.35. The van der Waals surface area contributed by atoms with Crippen LogP contribution in [0.2, 0.25) is 0 Å². The summed E-state index contributed by atoms with van der Waals surface area (Å²) in [5, 5.41) is 3.35. The summed E-state index contributed by atoms with van der Waals surface area (Å²) >= 11 is 0. The van der Waals surface area contributed by atoms with E-state index in [4.69, 9.17) is 10.5 Å². The van der Waals surface area contributed by atoms with E-state index >= 15 is 0 Å². The Hall–Kier alpha value is -1.76. The van der Waals surface area contributed by atoms with Crippen LogP contribution in [-0.2, 0) is 0 Å². The Morgan fingerprint density at radius 3 is 2.61 bits per heavy atom. The zero-order valence-corrected chi connectivity index (χ0v) is 17.9. The Morgan fingerprint density at radius 1 is 1.18 bits per heavy atom. The number of nitrogens with zero attached hydrogens (tertiary/aromatic N) is 4. The predicted molar refractivity (Wildman–Crippen MR) is 116 cm³/mol. The lowest BCUT2D eigenvalue weighted by molar-refractivity contribution is 0.123. The van der Waals surface area contributed by atoms with Crippen molar-refractivity contribution >= 4 is 17.3 Å². The SMILES string of the molecule is CCCCOc1nc(N)c2c(n1)N(CCC1CCN(C(CC)CC)CC1)CN2. The molecule has 158 valence electrons. The molecule has 28 heavy (non-hydrogen) atoms.